The number of fused-ring (bicyclic) bond motifs is 1. The first kappa shape index (κ1) is 23.4. The molecule has 8 nitrogen and oxygen atoms in total. The van der Waals surface area contributed by atoms with Crippen LogP contribution in [0.3, 0.4) is 0 Å². The Bertz CT molecular complexity index is 1100. The molecule has 4 rings (SSSR count). The second-order valence-electron chi connectivity index (χ2n) is 8.58. The molecule has 180 valence electrons. The third kappa shape index (κ3) is 4.39. The summed E-state index contributed by atoms with van der Waals surface area (Å²) in [4.78, 5) is 25.9. The number of aromatic carboxylic acids is 1. The molecule has 0 radical (unpaired) electrons. The number of anilines is 1. The van der Waals surface area contributed by atoms with E-state index in [1.807, 2.05) is 0 Å². The van der Waals surface area contributed by atoms with Crippen LogP contribution in [0.25, 0.3) is 10.9 Å². The molecule has 0 amide bonds. The molecule has 11 heteroatoms. The predicted molar refractivity (Wildman–Crippen MR) is 113 cm³/mol. The van der Waals surface area contributed by atoms with Gasteiger partial charge >= 0.3 is 12.6 Å². The normalized spacial score (nSPS) is 20.7. The van der Waals surface area contributed by atoms with Crippen molar-refractivity contribution in [1.82, 2.24) is 4.57 Å². The zero-order chi connectivity index (χ0) is 23.9. The van der Waals surface area contributed by atoms with Crippen molar-refractivity contribution in [2.75, 3.05) is 31.2 Å². The van der Waals surface area contributed by atoms with Gasteiger partial charge in [-0.05, 0) is 43.6 Å². The average Bonchev–Trinajstić information content (AvgIpc) is 3.51. The lowest BCUT2D eigenvalue weighted by molar-refractivity contribution is -0.0488. The van der Waals surface area contributed by atoms with Crippen LogP contribution in [0.5, 0.6) is 5.75 Å². The van der Waals surface area contributed by atoms with Crippen molar-refractivity contribution >= 4 is 22.6 Å². The Hall–Kier alpha value is -2.79. The molecule has 2 fully saturated rings. The number of carboxylic acid groups (broad SMARTS) is 1. The van der Waals surface area contributed by atoms with Crippen LogP contribution in [0, 0.1) is 17.7 Å². The highest BCUT2D eigenvalue weighted by Gasteiger charge is 2.37. The van der Waals surface area contributed by atoms with Gasteiger partial charge in [0.25, 0.3) is 0 Å². The van der Waals surface area contributed by atoms with Crippen LogP contribution in [0.4, 0.5) is 18.9 Å². The largest absolute Gasteiger partial charge is 0.477 e. The molecule has 2 aromatic rings. The van der Waals surface area contributed by atoms with E-state index in [0.717, 1.165) is 12.3 Å². The van der Waals surface area contributed by atoms with E-state index in [4.69, 9.17) is 4.74 Å². The van der Waals surface area contributed by atoms with E-state index in [2.05, 4.69) is 0 Å². The summed E-state index contributed by atoms with van der Waals surface area (Å²) < 4.78 is 48.6. The fourth-order valence-corrected chi connectivity index (χ4v) is 4.84. The molecule has 2 heterocycles. The Morgan fingerprint density at radius 3 is 2.24 bits per heavy atom. The summed E-state index contributed by atoms with van der Waals surface area (Å²) >= 11 is 0. The first-order valence-corrected chi connectivity index (χ1v) is 10.8. The SMILES string of the molecule is O=C(O)c1cn(C2CC2)c2c(OC(F)F)c(N3C[C@@H](CCO)[C@@H](CCO)C3)c(F)cc2c1=O. The van der Waals surface area contributed by atoms with Gasteiger partial charge in [-0.15, -0.1) is 0 Å². The first-order chi connectivity index (χ1) is 15.8. The van der Waals surface area contributed by atoms with E-state index in [1.54, 1.807) is 4.90 Å². The Morgan fingerprint density at radius 2 is 1.76 bits per heavy atom. The molecule has 1 saturated heterocycles. The lowest BCUT2D eigenvalue weighted by Crippen LogP contribution is -2.25. The molecule has 2 atom stereocenters. The zero-order valence-corrected chi connectivity index (χ0v) is 17.7. The van der Waals surface area contributed by atoms with Gasteiger partial charge in [0, 0.05) is 38.5 Å². The topological polar surface area (TPSA) is 112 Å². The number of rotatable bonds is 9. The van der Waals surface area contributed by atoms with Gasteiger partial charge in [-0.3, -0.25) is 4.79 Å². The van der Waals surface area contributed by atoms with E-state index < -0.39 is 35.1 Å². The minimum atomic E-state index is -3.31. The van der Waals surface area contributed by atoms with Crippen molar-refractivity contribution in [3.63, 3.8) is 0 Å². The minimum Gasteiger partial charge on any atom is -0.477 e. The third-order valence-electron chi connectivity index (χ3n) is 6.47. The fourth-order valence-electron chi connectivity index (χ4n) is 4.84. The highest BCUT2D eigenvalue weighted by Crippen LogP contribution is 2.46. The molecule has 1 aliphatic heterocycles. The zero-order valence-electron chi connectivity index (χ0n) is 17.7. The number of ether oxygens (including phenoxy) is 1. The van der Waals surface area contributed by atoms with E-state index in [0.29, 0.717) is 25.7 Å². The molecule has 1 aliphatic carbocycles. The quantitative estimate of drug-likeness (QED) is 0.517. The molecule has 33 heavy (non-hydrogen) atoms. The van der Waals surface area contributed by atoms with Crippen LogP contribution >= 0.6 is 0 Å². The van der Waals surface area contributed by atoms with Crippen molar-refractivity contribution < 1.29 is 38.0 Å². The number of benzene rings is 1. The second kappa shape index (κ2) is 9.22. The summed E-state index contributed by atoms with van der Waals surface area (Å²) in [5.41, 5.74) is -1.84. The Morgan fingerprint density at radius 1 is 1.15 bits per heavy atom. The number of aromatic nitrogens is 1. The Labute approximate surface area is 186 Å². The number of carbonyl (C=O) groups is 1. The number of carboxylic acids is 1. The summed E-state index contributed by atoms with van der Waals surface area (Å²) in [6.45, 7) is -3.04. The number of alkyl halides is 2. The number of halogens is 3. The molecule has 1 aromatic heterocycles. The molecule has 1 aromatic carbocycles. The summed E-state index contributed by atoms with van der Waals surface area (Å²) in [5.74, 6) is -3.18. The van der Waals surface area contributed by atoms with E-state index in [-0.39, 0.29) is 60.8 Å². The number of aliphatic hydroxyl groups is 2. The molecule has 0 unspecified atom stereocenters. The van der Waals surface area contributed by atoms with E-state index in [9.17, 15) is 33.7 Å². The van der Waals surface area contributed by atoms with Gasteiger partial charge in [0.05, 0.1) is 10.9 Å². The van der Waals surface area contributed by atoms with E-state index in [1.165, 1.54) is 4.57 Å². The fraction of sp³-hybridized carbons (Fsp3) is 0.545. The van der Waals surface area contributed by atoms with Gasteiger partial charge in [-0.1, -0.05) is 0 Å². The van der Waals surface area contributed by atoms with Crippen LogP contribution in [0.1, 0.15) is 42.1 Å². The maximum atomic E-state index is 15.4. The van der Waals surface area contributed by atoms with Crippen molar-refractivity contribution in [2.45, 2.75) is 38.3 Å². The van der Waals surface area contributed by atoms with Crippen molar-refractivity contribution in [3.05, 3.63) is 33.9 Å². The summed E-state index contributed by atoms with van der Waals surface area (Å²) in [6, 6.07) is 0.671. The standard InChI is InChI=1S/C22H25F3N2O6/c23-16-7-14-17(27(13-1-2-13)10-15(19(14)30)21(31)32)20(33-22(24)25)18(16)26-8-11(3-5-28)12(9-26)4-6-29/h7,10-13,22,28-29H,1-6,8-9H2,(H,31,32)/t11-,12+. The maximum absolute atomic E-state index is 15.4. The highest BCUT2D eigenvalue weighted by molar-refractivity contribution is 5.97. The van der Waals surface area contributed by atoms with Gasteiger partial charge in [0.15, 0.2) is 11.6 Å². The third-order valence-corrected chi connectivity index (χ3v) is 6.47. The van der Waals surface area contributed by atoms with Gasteiger partial charge in [-0.25, -0.2) is 9.18 Å². The van der Waals surface area contributed by atoms with Crippen LogP contribution in [0.15, 0.2) is 17.1 Å². The molecular weight excluding hydrogens is 445 g/mol. The van der Waals surface area contributed by atoms with Crippen LogP contribution in [-0.4, -0.2) is 58.8 Å². The Balaban J connectivity index is 1.95. The predicted octanol–water partition coefficient (Wildman–Crippen LogP) is 2.59. The second-order valence-corrected chi connectivity index (χ2v) is 8.58. The van der Waals surface area contributed by atoms with Crippen LogP contribution < -0.4 is 15.1 Å². The number of pyridine rings is 1. The number of nitrogens with zero attached hydrogens (tertiary/aromatic N) is 2. The highest BCUT2D eigenvalue weighted by atomic mass is 19.3. The average molecular weight is 470 g/mol. The van der Waals surface area contributed by atoms with Gasteiger partial charge in [0.1, 0.15) is 11.3 Å². The maximum Gasteiger partial charge on any atom is 0.387 e. The van der Waals surface area contributed by atoms with Crippen LogP contribution in [0.2, 0.25) is 0 Å². The molecule has 0 bridgehead atoms. The van der Waals surface area contributed by atoms with Crippen LogP contribution in [-0.2, 0) is 0 Å². The number of aliphatic hydroxyl groups excluding tert-OH is 2. The number of hydrogen-bond donors (Lipinski definition) is 3. The molecular formula is C22H25F3N2O6. The molecule has 0 spiro atoms. The summed E-state index contributed by atoms with van der Waals surface area (Å²) in [7, 11) is 0. The molecule has 2 aliphatic rings. The van der Waals surface area contributed by atoms with Gasteiger partial charge in [0.2, 0.25) is 5.43 Å². The molecule has 1 saturated carbocycles. The number of hydrogen-bond acceptors (Lipinski definition) is 6. The van der Waals surface area contributed by atoms with Crippen molar-refractivity contribution in [3.8, 4) is 5.75 Å². The lowest BCUT2D eigenvalue weighted by atomic mass is 9.91. The van der Waals surface area contributed by atoms with Crippen molar-refractivity contribution in [2.24, 2.45) is 11.8 Å². The lowest BCUT2D eigenvalue weighted by Gasteiger charge is -2.25. The first-order valence-electron chi connectivity index (χ1n) is 10.8. The smallest absolute Gasteiger partial charge is 0.387 e. The van der Waals surface area contributed by atoms with E-state index >= 15 is 4.39 Å². The summed E-state index contributed by atoms with van der Waals surface area (Å²) in [5, 5.41) is 27.8. The minimum absolute atomic E-state index is 0.0616. The monoisotopic (exact) mass is 470 g/mol. The summed E-state index contributed by atoms with van der Waals surface area (Å²) in [6.07, 6.45) is 3.21. The van der Waals surface area contributed by atoms with Gasteiger partial charge < -0.3 is 29.5 Å². The Kier molecular flexibility index (Phi) is 6.53. The molecule has 3 N–H and O–H groups in total. The van der Waals surface area contributed by atoms with Gasteiger partial charge in [-0.2, -0.15) is 8.78 Å². The van der Waals surface area contributed by atoms with Crippen molar-refractivity contribution in [1.29, 1.82) is 0 Å².